The Hall–Kier alpha value is -2.37. The van der Waals surface area contributed by atoms with Crippen LogP contribution in [0.25, 0.3) is 0 Å². The number of aryl methyl sites for hydroxylation is 1. The summed E-state index contributed by atoms with van der Waals surface area (Å²) in [4.78, 5) is 31.4. The second-order valence-corrected chi connectivity index (χ2v) is 6.86. The van der Waals surface area contributed by atoms with E-state index in [0.717, 1.165) is 31.0 Å². The molecule has 1 amide bonds. The Morgan fingerprint density at radius 2 is 2.12 bits per heavy atom. The average molecular weight is 323 g/mol. The summed E-state index contributed by atoms with van der Waals surface area (Å²) in [6.45, 7) is 3.60. The highest BCUT2D eigenvalue weighted by Gasteiger charge is 2.44. The minimum atomic E-state index is 0.00845. The molecule has 24 heavy (non-hydrogen) atoms. The number of carbonyl (C=O) groups excluding carboxylic acids is 1. The minimum Gasteiger partial charge on any atom is -0.337 e. The lowest BCUT2D eigenvalue weighted by molar-refractivity contribution is 0.0770. The lowest BCUT2D eigenvalue weighted by Crippen LogP contribution is -2.31. The zero-order valence-electron chi connectivity index (χ0n) is 13.8. The zero-order chi connectivity index (χ0) is 16.5. The van der Waals surface area contributed by atoms with Crippen LogP contribution in [0, 0.1) is 24.7 Å². The molecule has 0 aromatic carbocycles. The van der Waals surface area contributed by atoms with Crippen molar-refractivity contribution in [2.45, 2.75) is 26.2 Å². The predicted octanol–water partition coefficient (Wildman–Crippen LogP) is 1.92. The van der Waals surface area contributed by atoms with E-state index in [1.165, 1.54) is 12.8 Å². The van der Waals surface area contributed by atoms with E-state index < -0.39 is 0 Å². The monoisotopic (exact) mass is 323 g/mol. The summed E-state index contributed by atoms with van der Waals surface area (Å²) in [5.41, 5.74) is 1.56. The summed E-state index contributed by atoms with van der Waals surface area (Å²) in [7, 11) is 0. The summed E-state index contributed by atoms with van der Waals surface area (Å²) in [6, 6.07) is 2.01. The van der Waals surface area contributed by atoms with Crippen LogP contribution < -0.4 is 0 Å². The Balaban J connectivity index is 1.44. The van der Waals surface area contributed by atoms with Crippen LogP contribution in [-0.2, 0) is 6.42 Å². The second kappa shape index (κ2) is 6.26. The normalized spacial score (nSPS) is 25.7. The van der Waals surface area contributed by atoms with E-state index in [1.54, 1.807) is 18.6 Å². The lowest BCUT2D eigenvalue weighted by atomic mass is 9.89. The number of rotatable bonds is 3. The summed E-state index contributed by atoms with van der Waals surface area (Å²) in [5.74, 6) is 2.62. The molecular weight excluding hydrogens is 302 g/mol. The minimum absolute atomic E-state index is 0.00845. The number of likely N-dealkylation sites (tertiary alicyclic amines) is 1. The molecule has 0 radical (unpaired) electrons. The van der Waals surface area contributed by atoms with Gasteiger partial charge in [-0.15, -0.1) is 0 Å². The fraction of sp³-hybridized carbons (Fsp3) is 0.500. The van der Waals surface area contributed by atoms with Crippen LogP contribution >= 0.6 is 0 Å². The number of hydrogen-bond donors (Lipinski definition) is 0. The van der Waals surface area contributed by atoms with Crippen molar-refractivity contribution in [2.24, 2.45) is 17.8 Å². The van der Waals surface area contributed by atoms with E-state index in [-0.39, 0.29) is 5.91 Å². The molecule has 3 heterocycles. The molecule has 0 N–H and O–H groups in total. The molecular formula is C18H21N5O. The molecule has 1 saturated heterocycles. The van der Waals surface area contributed by atoms with E-state index in [1.807, 2.05) is 24.1 Å². The molecule has 2 fully saturated rings. The van der Waals surface area contributed by atoms with Crippen LogP contribution in [-0.4, -0.2) is 43.8 Å². The molecule has 2 aliphatic rings. The number of fused-ring (bicyclic) bond motifs is 1. The molecule has 2 aromatic rings. The molecule has 3 atom stereocenters. The van der Waals surface area contributed by atoms with Crippen LogP contribution in [0.1, 0.15) is 34.8 Å². The molecule has 4 rings (SSSR count). The summed E-state index contributed by atoms with van der Waals surface area (Å²) in [6.07, 6.45) is 9.97. The van der Waals surface area contributed by atoms with Gasteiger partial charge in [0.1, 0.15) is 11.5 Å². The van der Waals surface area contributed by atoms with Gasteiger partial charge in [0.2, 0.25) is 0 Å². The Kier molecular flexibility index (Phi) is 3.96. The maximum Gasteiger partial charge on any atom is 0.274 e. The first kappa shape index (κ1) is 15.2. The number of hydrogen-bond acceptors (Lipinski definition) is 5. The van der Waals surface area contributed by atoms with Gasteiger partial charge in [0.15, 0.2) is 0 Å². The van der Waals surface area contributed by atoms with Crippen LogP contribution in [0.15, 0.2) is 30.9 Å². The van der Waals surface area contributed by atoms with Crippen LogP contribution in [0.2, 0.25) is 0 Å². The van der Waals surface area contributed by atoms with Gasteiger partial charge >= 0.3 is 0 Å². The third-order valence-corrected chi connectivity index (χ3v) is 5.38. The van der Waals surface area contributed by atoms with Gasteiger partial charge in [-0.25, -0.2) is 15.0 Å². The van der Waals surface area contributed by atoms with E-state index in [2.05, 4.69) is 19.9 Å². The van der Waals surface area contributed by atoms with Crippen molar-refractivity contribution >= 4 is 5.91 Å². The standard InChI is InChI=1S/C18H21N5O/c1-12-20-5-4-15(22-12)8-13-2-3-14-10-23(11-16(13)14)18(24)17-9-19-6-7-21-17/h4-7,9,13-14,16H,2-3,8,10-11H2,1H3/t13-,14-,16-/m1/s1. The first-order valence-electron chi connectivity index (χ1n) is 8.54. The van der Waals surface area contributed by atoms with Crippen LogP contribution in [0.5, 0.6) is 0 Å². The van der Waals surface area contributed by atoms with Gasteiger partial charge in [0.05, 0.1) is 6.20 Å². The summed E-state index contributed by atoms with van der Waals surface area (Å²) in [5, 5.41) is 0. The van der Waals surface area contributed by atoms with Gasteiger partial charge in [-0.3, -0.25) is 9.78 Å². The smallest absolute Gasteiger partial charge is 0.274 e. The molecule has 6 heteroatoms. The second-order valence-electron chi connectivity index (χ2n) is 6.86. The third-order valence-electron chi connectivity index (χ3n) is 5.38. The Morgan fingerprint density at radius 3 is 2.92 bits per heavy atom. The average Bonchev–Trinajstić information content (AvgIpc) is 3.17. The van der Waals surface area contributed by atoms with Gasteiger partial charge in [-0.05, 0) is 50.0 Å². The van der Waals surface area contributed by atoms with Gasteiger partial charge in [-0.1, -0.05) is 0 Å². The fourth-order valence-corrected chi connectivity index (χ4v) is 4.26. The largest absolute Gasteiger partial charge is 0.337 e. The highest BCUT2D eigenvalue weighted by molar-refractivity contribution is 5.92. The Morgan fingerprint density at radius 1 is 1.21 bits per heavy atom. The molecule has 2 aromatic heterocycles. The van der Waals surface area contributed by atoms with Crippen molar-refractivity contribution in [2.75, 3.05) is 13.1 Å². The molecule has 1 aliphatic carbocycles. The van der Waals surface area contributed by atoms with Crippen molar-refractivity contribution < 1.29 is 4.79 Å². The van der Waals surface area contributed by atoms with Gasteiger partial charge in [-0.2, -0.15) is 0 Å². The number of nitrogens with zero attached hydrogens (tertiary/aromatic N) is 5. The van der Waals surface area contributed by atoms with Crippen molar-refractivity contribution in [1.29, 1.82) is 0 Å². The first-order chi connectivity index (χ1) is 11.7. The van der Waals surface area contributed by atoms with E-state index >= 15 is 0 Å². The van der Waals surface area contributed by atoms with Crippen molar-refractivity contribution in [3.8, 4) is 0 Å². The Bertz CT molecular complexity index is 735. The fourth-order valence-electron chi connectivity index (χ4n) is 4.26. The predicted molar refractivity (Wildman–Crippen MR) is 88.1 cm³/mol. The maximum absolute atomic E-state index is 12.6. The first-order valence-corrected chi connectivity index (χ1v) is 8.54. The quantitative estimate of drug-likeness (QED) is 0.863. The number of amides is 1. The van der Waals surface area contributed by atoms with Crippen LogP contribution in [0.3, 0.4) is 0 Å². The molecule has 6 nitrogen and oxygen atoms in total. The van der Waals surface area contributed by atoms with Gasteiger partial charge in [0, 0.05) is 37.4 Å². The highest BCUT2D eigenvalue weighted by Crippen LogP contribution is 2.43. The molecule has 1 saturated carbocycles. The van der Waals surface area contributed by atoms with E-state index in [4.69, 9.17) is 0 Å². The molecule has 0 spiro atoms. The van der Waals surface area contributed by atoms with Crippen molar-refractivity contribution in [3.63, 3.8) is 0 Å². The lowest BCUT2D eigenvalue weighted by Gasteiger charge is -2.20. The summed E-state index contributed by atoms with van der Waals surface area (Å²) >= 11 is 0. The van der Waals surface area contributed by atoms with E-state index in [9.17, 15) is 4.79 Å². The van der Waals surface area contributed by atoms with E-state index in [0.29, 0.717) is 23.4 Å². The zero-order valence-corrected chi connectivity index (χ0v) is 13.8. The van der Waals surface area contributed by atoms with Gasteiger partial charge in [0.25, 0.3) is 5.91 Å². The summed E-state index contributed by atoms with van der Waals surface area (Å²) < 4.78 is 0. The molecule has 124 valence electrons. The maximum atomic E-state index is 12.6. The van der Waals surface area contributed by atoms with Crippen LogP contribution in [0.4, 0.5) is 0 Å². The van der Waals surface area contributed by atoms with Crippen molar-refractivity contribution in [1.82, 2.24) is 24.8 Å². The number of aromatic nitrogens is 4. The molecule has 0 unspecified atom stereocenters. The SMILES string of the molecule is Cc1nccc(C[C@H]2CC[C@@H]3CN(C(=O)c4cnccn4)C[C@H]23)n1. The molecule has 0 bridgehead atoms. The topological polar surface area (TPSA) is 71.9 Å². The molecule has 1 aliphatic heterocycles. The van der Waals surface area contributed by atoms with Gasteiger partial charge < -0.3 is 4.90 Å². The highest BCUT2D eigenvalue weighted by atomic mass is 16.2. The van der Waals surface area contributed by atoms with Crippen molar-refractivity contribution in [3.05, 3.63) is 48.1 Å². The third kappa shape index (κ3) is 2.88. The number of carbonyl (C=O) groups is 1. The Labute approximate surface area is 141 Å².